The summed E-state index contributed by atoms with van der Waals surface area (Å²) in [5.74, 6) is -1.06. The van der Waals surface area contributed by atoms with E-state index in [1.165, 1.54) is 34.4 Å². The summed E-state index contributed by atoms with van der Waals surface area (Å²) < 4.78 is 0. The Bertz CT molecular complexity index is 1770. The average Bonchev–Trinajstić information content (AvgIpc) is 3.70. The van der Waals surface area contributed by atoms with Crippen LogP contribution in [0.4, 0.5) is 10.8 Å². The molecule has 0 saturated carbocycles. The number of hydrogen-bond acceptors (Lipinski definition) is 7. The standard InChI is InChI=1S/C32H25ClN4O3S3/c1-20(29(38)37-32-36-28(19-42-32)25-14-5-6-15-26(25)33)43-24-12-7-11-22(17-24)34-31(40)27(18-23-13-8-16-41-23)35-30(39)21-9-3-2-4-10-21/h2-20H,1H3,(H,34,40)(H,35,39)(H,36,37,38)/b27-18-. The van der Waals surface area contributed by atoms with Crippen LogP contribution in [-0.2, 0) is 9.59 Å². The number of hydrogen-bond donors (Lipinski definition) is 3. The highest BCUT2D eigenvalue weighted by Crippen LogP contribution is 2.31. The van der Waals surface area contributed by atoms with Gasteiger partial charge in [-0.2, -0.15) is 0 Å². The van der Waals surface area contributed by atoms with Gasteiger partial charge in [-0.3, -0.25) is 14.4 Å². The molecule has 2 heterocycles. The molecule has 0 aliphatic rings. The third kappa shape index (κ3) is 8.20. The highest BCUT2D eigenvalue weighted by molar-refractivity contribution is 8.00. The number of rotatable bonds is 10. The van der Waals surface area contributed by atoms with Gasteiger partial charge in [0.2, 0.25) is 5.91 Å². The van der Waals surface area contributed by atoms with E-state index in [0.717, 1.165) is 15.3 Å². The molecule has 0 aliphatic carbocycles. The molecular formula is C32H25ClN4O3S3. The average molecular weight is 645 g/mol. The first-order chi connectivity index (χ1) is 20.9. The van der Waals surface area contributed by atoms with Crippen LogP contribution < -0.4 is 16.0 Å². The zero-order valence-corrected chi connectivity index (χ0v) is 25.9. The number of thioether (sulfide) groups is 1. The van der Waals surface area contributed by atoms with Crippen molar-refractivity contribution < 1.29 is 14.4 Å². The summed E-state index contributed by atoms with van der Waals surface area (Å²) >= 11 is 10.4. The Morgan fingerprint density at radius 2 is 1.70 bits per heavy atom. The predicted octanol–water partition coefficient (Wildman–Crippen LogP) is 8.05. The third-order valence-electron chi connectivity index (χ3n) is 6.02. The van der Waals surface area contributed by atoms with Crippen molar-refractivity contribution in [3.63, 3.8) is 0 Å². The zero-order chi connectivity index (χ0) is 30.2. The van der Waals surface area contributed by atoms with Crippen molar-refractivity contribution in [3.05, 3.63) is 123 Å². The number of thiazole rings is 1. The molecule has 2 aromatic heterocycles. The Labute approximate surface area is 266 Å². The minimum Gasteiger partial charge on any atom is -0.321 e. The summed E-state index contributed by atoms with van der Waals surface area (Å²) in [6.45, 7) is 1.80. The van der Waals surface area contributed by atoms with Gasteiger partial charge in [0.05, 0.1) is 10.9 Å². The fourth-order valence-electron chi connectivity index (χ4n) is 3.89. The van der Waals surface area contributed by atoms with E-state index >= 15 is 0 Å². The van der Waals surface area contributed by atoms with Gasteiger partial charge < -0.3 is 16.0 Å². The number of aromatic nitrogens is 1. The number of halogens is 1. The van der Waals surface area contributed by atoms with Gasteiger partial charge in [-0.25, -0.2) is 4.98 Å². The van der Waals surface area contributed by atoms with E-state index in [-0.39, 0.29) is 17.5 Å². The number of nitrogens with one attached hydrogen (secondary N) is 3. The summed E-state index contributed by atoms with van der Waals surface area (Å²) in [6, 6.07) is 27.0. The summed E-state index contributed by atoms with van der Waals surface area (Å²) in [5, 5.41) is 12.9. The minimum absolute atomic E-state index is 0.113. The topological polar surface area (TPSA) is 100 Å². The van der Waals surface area contributed by atoms with Gasteiger partial charge in [-0.15, -0.1) is 34.4 Å². The molecule has 43 heavy (non-hydrogen) atoms. The van der Waals surface area contributed by atoms with E-state index in [4.69, 9.17) is 11.6 Å². The molecule has 216 valence electrons. The Balaban J connectivity index is 1.23. The number of benzene rings is 3. The predicted molar refractivity (Wildman–Crippen MR) is 178 cm³/mol. The molecule has 0 aliphatic heterocycles. The Morgan fingerprint density at radius 1 is 0.907 bits per heavy atom. The molecule has 0 bridgehead atoms. The van der Waals surface area contributed by atoms with E-state index in [2.05, 4.69) is 20.9 Å². The number of amides is 3. The summed E-state index contributed by atoms with van der Waals surface area (Å²) in [5.41, 5.74) is 2.58. The Kier molecular flexibility index (Phi) is 10.1. The summed E-state index contributed by atoms with van der Waals surface area (Å²) in [4.78, 5) is 45.2. The molecule has 3 aromatic carbocycles. The molecule has 11 heteroatoms. The second kappa shape index (κ2) is 14.3. The highest BCUT2D eigenvalue weighted by Gasteiger charge is 2.19. The van der Waals surface area contributed by atoms with Crippen LogP contribution in [0.3, 0.4) is 0 Å². The van der Waals surface area contributed by atoms with Crippen molar-refractivity contribution >= 4 is 80.7 Å². The van der Waals surface area contributed by atoms with Crippen molar-refractivity contribution in [2.45, 2.75) is 17.1 Å². The van der Waals surface area contributed by atoms with E-state index < -0.39 is 11.2 Å². The molecule has 0 fully saturated rings. The molecule has 0 radical (unpaired) electrons. The van der Waals surface area contributed by atoms with Crippen molar-refractivity contribution in [2.75, 3.05) is 10.6 Å². The monoisotopic (exact) mass is 644 g/mol. The van der Waals surface area contributed by atoms with Crippen molar-refractivity contribution in [2.24, 2.45) is 0 Å². The number of thiophene rings is 1. The smallest absolute Gasteiger partial charge is 0.272 e. The molecule has 5 aromatic rings. The molecule has 0 saturated heterocycles. The van der Waals surface area contributed by atoms with Gasteiger partial charge in [-0.1, -0.05) is 60.1 Å². The van der Waals surface area contributed by atoms with Gasteiger partial charge in [0.25, 0.3) is 11.8 Å². The van der Waals surface area contributed by atoms with E-state index in [0.29, 0.717) is 27.1 Å². The van der Waals surface area contributed by atoms with Crippen LogP contribution in [0.2, 0.25) is 5.02 Å². The summed E-state index contributed by atoms with van der Waals surface area (Å²) in [7, 11) is 0. The van der Waals surface area contributed by atoms with Gasteiger partial charge >= 0.3 is 0 Å². The maximum Gasteiger partial charge on any atom is 0.272 e. The molecule has 7 nitrogen and oxygen atoms in total. The molecular weight excluding hydrogens is 620 g/mol. The highest BCUT2D eigenvalue weighted by atomic mass is 35.5. The van der Waals surface area contributed by atoms with Crippen LogP contribution >= 0.6 is 46.0 Å². The maximum absolute atomic E-state index is 13.3. The van der Waals surface area contributed by atoms with Gasteiger partial charge in [0.1, 0.15) is 5.70 Å². The SMILES string of the molecule is CC(Sc1cccc(NC(=O)/C(=C/c2cccs2)NC(=O)c2ccccc2)c1)C(=O)Nc1nc(-c2ccccc2Cl)cs1. The molecule has 1 unspecified atom stereocenters. The van der Waals surface area contributed by atoms with Crippen molar-refractivity contribution in [1.82, 2.24) is 10.3 Å². The quantitative estimate of drug-likeness (QED) is 0.105. The number of carbonyl (C=O) groups excluding carboxylic acids is 3. The minimum atomic E-state index is -0.469. The Morgan fingerprint density at radius 3 is 2.47 bits per heavy atom. The lowest BCUT2D eigenvalue weighted by Crippen LogP contribution is -2.30. The van der Waals surface area contributed by atoms with Crippen molar-refractivity contribution in [1.29, 1.82) is 0 Å². The van der Waals surface area contributed by atoms with Crippen LogP contribution in [0.15, 0.2) is 112 Å². The van der Waals surface area contributed by atoms with Crippen LogP contribution in [0.25, 0.3) is 17.3 Å². The van der Waals surface area contributed by atoms with Crippen LogP contribution in [0, 0.1) is 0 Å². The van der Waals surface area contributed by atoms with Crippen LogP contribution in [0.5, 0.6) is 0 Å². The summed E-state index contributed by atoms with van der Waals surface area (Å²) in [6.07, 6.45) is 1.64. The van der Waals surface area contributed by atoms with Gasteiger partial charge in [-0.05, 0) is 60.8 Å². The lowest BCUT2D eigenvalue weighted by Gasteiger charge is -2.13. The van der Waals surface area contributed by atoms with E-state index in [1.807, 2.05) is 53.2 Å². The van der Waals surface area contributed by atoms with Gasteiger partial charge in [0.15, 0.2) is 5.13 Å². The lowest BCUT2D eigenvalue weighted by atomic mass is 10.2. The fraction of sp³-hybridized carbons (Fsp3) is 0.0625. The van der Waals surface area contributed by atoms with E-state index in [1.54, 1.807) is 61.5 Å². The van der Waals surface area contributed by atoms with Crippen LogP contribution in [-0.4, -0.2) is 28.0 Å². The molecule has 1 atom stereocenters. The van der Waals surface area contributed by atoms with E-state index in [9.17, 15) is 14.4 Å². The second-order valence-electron chi connectivity index (χ2n) is 9.14. The van der Waals surface area contributed by atoms with Crippen molar-refractivity contribution in [3.8, 4) is 11.3 Å². The molecule has 3 amide bonds. The third-order valence-corrected chi connectivity index (χ3v) is 9.02. The first kappa shape index (κ1) is 30.2. The number of carbonyl (C=O) groups is 3. The first-order valence-electron chi connectivity index (χ1n) is 13.1. The normalized spacial score (nSPS) is 11.9. The number of nitrogens with zero attached hydrogens (tertiary/aromatic N) is 1. The molecule has 5 rings (SSSR count). The zero-order valence-electron chi connectivity index (χ0n) is 22.7. The molecule has 0 spiro atoms. The first-order valence-corrected chi connectivity index (χ1v) is 16.1. The molecule has 3 N–H and O–H groups in total. The fourth-order valence-corrected chi connectivity index (χ4v) is 6.42. The van der Waals surface area contributed by atoms with Gasteiger partial charge in [0, 0.05) is 37.0 Å². The largest absolute Gasteiger partial charge is 0.321 e. The second-order valence-corrected chi connectivity index (χ2v) is 12.8. The lowest BCUT2D eigenvalue weighted by molar-refractivity contribution is -0.115. The van der Waals surface area contributed by atoms with Crippen LogP contribution in [0.1, 0.15) is 22.2 Å². The number of anilines is 2. The maximum atomic E-state index is 13.3. The Hall–Kier alpha value is -4.22.